The Balaban J connectivity index is 1.74. The zero-order valence-corrected chi connectivity index (χ0v) is 13.3. The third-order valence-corrected chi connectivity index (χ3v) is 3.83. The molecular weight excluding hydrogens is 335 g/mol. The summed E-state index contributed by atoms with van der Waals surface area (Å²) in [4.78, 5) is 0. The van der Waals surface area contributed by atoms with E-state index in [-0.39, 0.29) is 6.01 Å². The van der Waals surface area contributed by atoms with Crippen molar-refractivity contribution in [1.29, 1.82) is 5.26 Å². The van der Waals surface area contributed by atoms with E-state index < -0.39 is 0 Å². The lowest BCUT2D eigenvalue weighted by Crippen LogP contribution is -1.91. The lowest BCUT2D eigenvalue weighted by molar-refractivity contribution is 0.521. The third-order valence-electron chi connectivity index (χ3n) is 3.12. The molecule has 0 aliphatic rings. The molecule has 0 aliphatic heterocycles. The number of benzene rings is 2. The molecule has 0 unspecified atom stereocenters. The Morgan fingerprint density at radius 3 is 2.39 bits per heavy atom. The van der Waals surface area contributed by atoms with Gasteiger partial charge in [-0.05, 0) is 42.0 Å². The van der Waals surface area contributed by atoms with Gasteiger partial charge >= 0.3 is 6.01 Å². The number of hydrogen-bond acceptors (Lipinski definition) is 5. The molecular formula is C16H10Cl2N4O. The molecule has 3 aromatic rings. The first-order valence-corrected chi connectivity index (χ1v) is 7.44. The van der Waals surface area contributed by atoms with Crippen LogP contribution in [0.5, 0.6) is 0 Å². The Hall–Kier alpha value is -2.55. The summed E-state index contributed by atoms with van der Waals surface area (Å²) in [6, 6.07) is 14.5. The fraction of sp³-hybridized carbons (Fsp3) is 0.0625. The van der Waals surface area contributed by atoms with Crippen molar-refractivity contribution in [2.75, 3.05) is 5.32 Å². The van der Waals surface area contributed by atoms with Crippen molar-refractivity contribution >= 4 is 34.9 Å². The van der Waals surface area contributed by atoms with E-state index in [0.29, 0.717) is 27.9 Å². The molecule has 1 N–H and O–H groups in total. The molecule has 0 atom stereocenters. The number of halogens is 2. The Morgan fingerprint density at radius 2 is 1.74 bits per heavy atom. The Morgan fingerprint density at radius 1 is 1.04 bits per heavy atom. The van der Waals surface area contributed by atoms with Gasteiger partial charge in [-0.3, -0.25) is 0 Å². The van der Waals surface area contributed by atoms with E-state index in [1.165, 1.54) is 0 Å². The van der Waals surface area contributed by atoms with Gasteiger partial charge < -0.3 is 9.73 Å². The van der Waals surface area contributed by atoms with Gasteiger partial charge in [0.25, 0.3) is 0 Å². The fourth-order valence-electron chi connectivity index (χ4n) is 1.98. The number of nitriles is 1. The largest absolute Gasteiger partial charge is 0.408 e. The molecule has 0 spiro atoms. The SMILES string of the molecule is N#Cc1ccc(Nc2nnc(Cc3c(Cl)cccc3Cl)o2)cc1. The van der Waals surface area contributed by atoms with Crippen LogP contribution in [0, 0.1) is 11.3 Å². The average Bonchev–Trinajstić information content (AvgIpc) is 2.99. The van der Waals surface area contributed by atoms with Crippen LogP contribution in [0.3, 0.4) is 0 Å². The summed E-state index contributed by atoms with van der Waals surface area (Å²) in [7, 11) is 0. The van der Waals surface area contributed by atoms with Crippen LogP contribution in [0.15, 0.2) is 46.9 Å². The highest BCUT2D eigenvalue weighted by atomic mass is 35.5. The minimum Gasteiger partial charge on any atom is -0.408 e. The number of nitrogens with zero attached hydrogens (tertiary/aromatic N) is 3. The van der Waals surface area contributed by atoms with Gasteiger partial charge in [-0.2, -0.15) is 5.26 Å². The molecule has 0 bridgehead atoms. The van der Waals surface area contributed by atoms with Crippen LogP contribution in [0.4, 0.5) is 11.7 Å². The topological polar surface area (TPSA) is 74.7 Å². The molecule has 114 valence electrons. The van der Waals surface area contributed by atoms with E-state index in [1.54, 1.807) is 42.5 Å². The van der Waals surface area contributed by atoms with E-state index in [4.69, 9.17) is 32.9 Å². The fourth-order valence-corrected chi connectivity index (χ4v) is 2.51. The molecule has 0 fully saturated rings. The first-order valence-electron chi connectivity index (χ1n) is 6.68. The summed E-state index contributed by atoms with van der Waals surface area (Å²) in [5.74, 6) is 0.399. The van der Waals surface area contributed by atoms with Crippen LogP contribution in [0.25, 0.3) is 0 Å². The Labute approximate surface area is 142 Å². The summed E-state index contributed by atoms with van der Waals surface area (Å²) in [5, 5.41) is 20.8. The predicted molar refractivity (Wildman–Crippen MR) is 88.0 cm³/mol. The lowest BCUT2D eigenvalue weighted by Gasteiger charge is -2.03. The van der Waals surface area contributed by atoms with Crippen molar-refractivity contribution in [3.63, 3.8) is 0 Å². The monoisotopic (exact) mass is 344 g/mol. The standard InChI is InChI=1S/C16H10Cl2N4O/c17-13-2-1-3-14(18)12(13)8-15-21-22-16(23-15)20-11-6-4-10(9-19)5-7-11/h1-7H,8H2,(H,20,22). The molecule has 0 radical (unpaired) electrons. The minimum atomic E-state index is 0.257. The van der Waals surface area contributed by atoms with Crippen molar-refractivity contribution in [1.82, 2.24) is 10.2 Å². The highest BCUT2D eigenvalue weighted by Gasteiger charge is 2.12. The van der Waals surface area contributed by atoms with Gasteiger partial charge in [0.2, 0.25) is 5.89 Å². The summed E-state index contributed by atoms with van der Waals surface area (Å²) >= 11 is 12.3. The number of nitrogens with one attached hydrogen (secondary N) is 1. The zero-order chi connectivity index (χ0) is 16.2. The number of hydrogen-bond donors (Lipinski definition) is 1. The van der Waals surface area contributed by atoms with Crippen LogP contribution in [0.2, 0.25) is 10.0 Å². The molecule has 0 aliphatic carbocycles. The van der Waals surface area contributed by atoms with Crippen molar-refractivity contribution < 1.29 is 4.42 Å². The van der Waals surface area contributed by atoms with Gasteiger partial charge in [0.15, 0.2) is 0 Å². The molecule has 2 aromatic carbocycles. The molecule has 23 heavy (non-hydrogen) atoms. The van der Waals surface area contributed by atoms with Gasteiger partial charge in [-0.15, -0.1) is 5.10 Å². The number of anilines is 2. The van der Waals surface area contributed by atoms with E-state index in [2.05, 4.69) is 21.6 Å². The van der Waals surface area contributed by atoms with Gasteiger partial charge in [0.1, 0.15) is 0 Å². The van der Waals surface area contributed by atoms with Crippen LogP contribution in [0.1, 0.15) is 17.0 Å². The second-order valence-corrected chi connectivity index (χ2v) is 5.51. The maximum atomic E-state index is 8.77. The van der Waals surface area contributed by atoms with Gasteiger partial charge in [0.05, 0.1) is 18.1 Å². The van der Waals surface area contributed by atoms with Crippen molar-refractivity contribution in [3.05, 3.63) is 69.5 Å². The minimum absolute atomic E-state index is 0.257. The highest BCUT2D eigenvalue weighted by Crippen LogP contribution is 2.27. The van der Waals surface area contributed by atoms with Gasteiger partial charge in [-0.25, -0.2) is 0 Å². The number of aromatic nitrogens is 2. The Bertz CT molecular complexity index is 848. The second kappa shape index (κ2) is 6.69. The maximum absolute atomic E-state index is 8.77. The summed E-state index contributed by atoms with van der Waals surface area (Å²) < 4.78 is 5.54. The molecule has 7 heteroatoms. The maximum Gasteiger partial charge on any atom is 0.320 e. The van der Waals surface area contributed by atoms with Crippen LogP contribution in [-0.4, -0.2) is 10.2 Å². The van der Waals surface area contributed by atoms with Crippen molar-refractivity contribution in [2.24, 2.45) is 0 Å². The van der Waals surface area contributed by atoms with Crippen LogP contribution >= 0.6 is 23.2 Å². The number of rotatable bonds is 4. The van der Waals surface area contributed by atoms with Gasteiger partial charge in [0, 0.05) is 15.7 Å². The molecule has 1 heterocycles. The summed E-state index contributed by atoms with van der Waals surface area (Å²) in [6.07, 6.45) is 0.348. The van der Waals surface area contributed by atoms with Crippen LogP contribution < -0.4 is 5.32 Å². The molecule has 0 saturated heterocycles. The molecule has 0 saturated carbocycles. The molecule has 3 rings (SSSR count). The van der Waals surface area contributed by atoms with Crippen molar-refractivity contribution in [2.45, 2.75) is 6.42 Å². The van der Waals surface area contributed by atoms with E-state index in [9.17, 15) is 0 Å². The lowest BCUT2D eigenvalue weighted by atomic mass is 10.1. The normalized spacial score (nSPS) is 10.3. The summed E-state index contributed by atoms with van der Waals surface area (Å²) in [5.41, 5.74) is 2.06. The quantitative estimate of drug-likeness (QED) is 0.749. The predicted octanol–water partition coefficient (Wildman–Crippen LogP) is 4.58. The zero-order valence-electron chi connectivity index (χ0n) is 11.8. The molecule has 5 nitrogen and oxygen atoms in total. The first-order chi connectivity index (χ1) is 11.2. The molecule has 0 amide bonds. The van der Waals surface area contributed by atoms with E-state index >= 15 is 0 Å². The highest BCUT2D eigenvalue weighted by molar-refractivity contribution is 6.36. The third kappa shape index (κ3) is 3.62. The molecule has 1 aromatic heterocycles. The smallest absolute Gasteiger partial charge is 0.320 e. The van der Waals surface area contributed by atoms with E-state index in [0.717, 1.165) is 11.3 Å². The summed E-state index contributed by atoms with van der Waals surface area (Å²) in [6.45, 7) is 0. The van der Waals surface area contributed by atoms with Gasteiger partial charge in [-0.1, -0.05) is 34.4 Å². The second-order valence-electron chi connectivity index (χ2n) is 4.69. The van der Waals surface area contributed by atoms with E-state index in [1.807, 2.05) is 0 Å². The van der Waals surface area contributed by atoms with Crippen molar-refractivity contribution in [3.8, 4) is 6.07 Å². The first kappa shape index (κ1) is 15.3. The Kier molecular flexibility index (Phi) is 4.47. The average molecular weight is 345 g/mol. The van der Waals surface area contributed by atoms with Crippen LogP contribution in [-0.2, 0) is 6.42 Å².